The molecule has 0 unspecified atom stereocenters. The molecule has 0 heterocycles. The molecule has 0 aliphatic rings. The van der Waals surface area contributed by atoms with E-state index in [0.717, 1.165) is 37.2 Å². The Morgan fingerprint density at radius 1 is 1.08 bits per heavy atom. The van der Waals surface area contributed by atoms with Crippen molar-refractivity contribution in [2.75, 3.05) is 13.7 Å². The monoisotopic (exact) mass is 334 g/mol. The molecule has 0 atom stereocenters. The molecule has 0 radical (unpaired) electrons. The number of hydrogen-bond acceptors (Lipinski definition) is 2. The van der Waals surface area contributed by atoms with Crippen LogP contribution < -0.4 is 0 Å². The van der Waals surface area contributed by atoms with Gasteiger partial charge in [0.15, 0.2) is 0 Å². The topological polar surface area (TPSA) is 46.5 Å². The van der Waals surface area contributed by atoms with Crippen molar-refractivity contribution < 1.29 is 14.6 Å². The maximum Gasteiger partial charge on any atom is 0.335 e. The molecule has 1 rings (SSSR count). The molecule has 0 fully saturated rings. The number of benzene rings is 1. The lowest BCUT2D eigenvalue weighted by Gasteiger charge is -2.17. The minimum absolute atomic E-state index is 0.448. The van der Waals surface area contributed by atoms with Crippen LogP contribution in [-0.2, 0) is 24.0 Å². The fraction of sp³-hybridized carbons (Fsp3) is 0.667. The first-order valence-electron chi connectivity index (χ1n) is 9.37. The van der Waals surface area contributed by atoms with E-state index in [0.29, 0.717) is 18.6 Å². The number of aryl methyl sites for hydroxylation is 1. The SMILES string of the molecule is CCCc1ccc(C(=O)O)c(CCOC)c1CCCCCC(C)C. The molecule has 0 aliphatic heterocycles. The fourth-order valence-electron chi connectivity index (χ4n) is 3.28. The summed E-state index contributed by atoms with van der Waals surface area (Å²) in [5.41, 5.74) is 4.01. The molecule has 0 saturated carbocycles. The third-order valence-electron chi connectivity index (χ3n) is 4.54. The van der Waals surface area contributed by atoms with E-state index in [1.807, 2.05) is 6.07 Å². The molecule has 0 amide bonds. The van der Waals surface area contributed by atoms with Crippen LogP contribution in [0.4, 0.5) is 0 Å². The van der Waals surface area contributed by atoms with Crippen molar-refractivity contribution in [3.8, 4) is 0 Å². The maximum atomic E-state index is 11.6. The molecule has 0 aromatic heterocycles. The Kier molecular flexibility index (Phi) is 9.70. The summed E-state index contributed by atoms with van der Waals surface area (Å²) < 4.78 is 5.21. The number of ether oxygens (including phenoxy) is 1. The molecule has 0 aliphatic carbocycles. The van der Waals surface area contributed by atoms with Crippen LogP contribution >= 0.6 is 0 Å². The van der Waals surface area contributed by atoms with Gasteiger partial charge in [-0.25, -0.2) is 4.79 Å². The van der Waals surface area contributed by atoms with Crippen molar-refractivity contribution in [1.29, 1.82) is 0 Å². The van der Waals surface area contributed by atoms with Gasteiger partial charge in [0, 0.05) is 7.11 Å². The second-order valence-electron chi connectivity index (χ2n) is 7.02. The quantitative estimate of drug-likeness (QED) is 0.529. The summed E-state index contributed by atoms with van der Waals surface area (Å²) in [7, 11) is 1.67. The highest BCUT2D eigenvalue weighted by Crippen LogP contribution is 2.25. The van der Waals surface area contributed by atoms with Crippen LogP contribution in [0.3, 0.4) is 0 Å². The van der Waals surface area contributed by atoms with Crippen molar-refractivity contribution in [2.45, 2.75) is 72.1 Å². The van der Waals surface area contributed by atoms with Crippen molar-refractivity contribution in [3.05, 3.63) is 34.4 Å². The van der Waals surface area contributed by atoms with Gasteiger partial charge >= 0.3 is 5.97 Å². The Morgan fingerprint density at radius 2 is 1.83 bits per heavy atom. The smallest absolute Gasteiger partial charge is 0.335 e. The number of carboxylic acids is 1. The fourth-order valence-corrected chi connectivity index (χ4v) is 3.28. The summed E-state index contributed by atoms with van der Waals surface area (Å²) in [5.74, 6) is -0.0709. The first kappa shape index (κ1) is 20.7. The molecule has 0 spiro atoms. The van der Waals surface area contributed by atoms with Gasteiger partial charge in [0.25, 0.3) is 0 Å². The van der Waals surface area contributed by atoms with Gasteiger partial charge in [-0.05, 0) is 54.4 Å². The summed E-state index contributed by atoms with van der Waals surface area (Å²) in [6.45, 7) is 7.26. The number of methoxy groups -OCH3 is 1. The summed E-state index contributed by atoms with van der Waals surface area (Å²) >= 11 is 0. The lowest BCUT2D eigenvalue weighted by Crippen LogP contribution is -2.11. The molecular weight excluding hydrogens is 300 g/mol. The van der Waals surface area contributed by atoms with Crippen molar-refractivity contribution in [2.24, 2.45) is 5.92 Å². The first-order valence-corrected chi connectivity index (χ1v) is 9.37. The molecule has 1 N–H and O–H groups in total. The Labute approximate surface area is 147 Å². The van der Waals surface area contributed by atoms with Gasteiger partial charge in [-0.2, -0.15) is 0 Å². The third kappa shape index (κ3) is 6.64. The molecule has 0 bridgehead atoms. The van der Waals surface area contributed by atoms with Crippen molar-refractivity contribution in [1.82, 2.24) is 0 Å². The van der Waals surface area contributed by atoms with Crippen LogP contribution in [0.5, 0.6) is 0 Å². The number of aromatic carboxylic acids is 1. The van der Waals surface area contributed by atoms with Crippen LogP contribution in [0.15, 0.2) is 12.1 Å². The largest absolute Gasteiger partial charge is 0.478 e. The standard InChI is InChI=1S/C21H34O3/c1-5-9-17-12-13-20(21(22)23)19(14-15-24-4)18(17)11-8-6-7-10-16(2)3/h12-13,16H,5-11,14-15H2,1-4H3,(H,22,23). The minimum Gasteiger partial charge on any atom is -0.478 e. The summed E-state index contributed by atoms with van der Waals surface area (Å²) in [5, 5.41) is 9.54. The second kappa shape index (κ2) is 11.2. The number of carboxylic acid groups (broad SMARTS) is 1. The van der Waals surface area contributed by atoms with Gasteiger partial charge in [0.05, 0.1) is 12.2 Å². The van der Waals surface area contributed by atoms with Gasteiger partial charge in [-0.1, -0.05) is 52.5 Å². The van der Waals surface area contributed by atoms with Crippen LogP contribution in [0, 0.1) is 5.92 Å². The highest BCUT2D eigenvalue weighted by atomic mass is 16.5. The normalized spacial score (nSPS) is 11.2. The highest BCUT2D eigenvalue weighted by Gasteiger charge is 2.17. The van der Waals surface area contributed by atoms with Crippen molar-refractivity contribution in [3.63, 3.8) is 0 Å². The van der Waals surface area contributed by atoms with Crippen LogP contribution in [0.2, 0.25) is 0 Å². The zero-order chi connectivity index (χ0) is 17.9. The van der Waals surface area contributed by atoms with E-state index in [2.05, 4.69) is 20.8 Å². The lowest BCUT2D eigenvalue weighted by atomic mass is 9.88. The summed E-state index contributed by atoms with van der Waals surface area (Å²) in [4.78, 5) is 11.6. The van der Waals surface area contributed by atoms with E-state index in [4.69, 9.17) is 4.74 Å². The van der Waals surface area contributed by atoms with Crippen LogP contribution in [0.25, 0.3) is 0 Å². The van der Waals surface area contributed by atoms with E-state index in [9.17, 15) is 9.90 Å². The second-order valence-corrected chi connectivity index (χ2v) is 7.02. The van der Waals surface area contributed by atoms with Gasteiger partial charge in [0.2, 0.25) is 0 Å². The van der Waals surface area contributed by atoms with Gasteiger partial charge in [-0.3, -0.25) is 0 Å². The zero-order valence-electron chi connectivity index (χ0n) is 15.9. The Morgan fingerprint density at radius 3 is 2.42 bits per heavy atom. The van der Waals surface area contributed by atoms with E-state index >= 15 is 0 Å². The Bertz CT molecular complexity index is 506. The highest BCUT2D eigenvalue weighted by molar-refractivity contribution is 5.90. The minimum atomic E-state index is -0.829. The van der Waals surface area contributed by atoms with Crippen LogP contribution in [0.1, 0.15) is 79.9 Å². The molecule has 24 heavy (non-hydrogen) atoms. The molecule has 0 saturated heterocycles. The Balaban J connectivity index is 2.96. The number of unbranched alkanes of at least 4 members (excludes halogenated alkanes) is 2. The average Bonchev–Trinajstić information content (AvgIpc) is 2.53. The van der Waals surface area contributed by atoms with Crippen molar-refractivity contribution >= 4 is 5.97 Å². The van der Waals surface area contributed by atoms with E-state index < -0.39 is 5.97 Å². The molecule has 3 heteroatoms. The third-order valence-corrected chi connectivity index (χ3v) is 4.54. The zero-order valence-corrected chi connectivity index (χ0v) is 15.9. The van der Waals surface area contributed by atoms with Gasteiger partial charge < -0.3 is 9.84 Å². The molecule has 1 aromatic rings. The van der Waals surface area contributed by atoms with E-state index in [1.54, 1.807) is 13.2 Å². The average molecular weight is 335 g/mol. The number of hydrogen-bond donors (Lipinski definition) is 1. The summed E-state index contributed by atoms with van der Waals surface area (Å²) in [6, 6.07) is 3.80. The Hall–Kier alpha value is -1.35. The molecule has 136 valence electrons. The number of rotatable bonds is 12. The predicted molar refractivity (Wildman–Crippen MR) is 100.0 cm³/mol. The molecular formula is C21H34O3. The summed E-state index contributed by atoms with van der Waals surface area (Å²) in [6.07, 6.45) is 8.62. The van der Waals surface area contributed by atoms with E-state index in [1.165, 1.54) is 30.4 Å². The molecule has 1 aromatic carbocycles. The van der Waals surface area contributed by atoms with Crippen LogP contribution in [-0.4, -0.2) is 24.8 Å². The van der Waals surface area contributed by atoms with E-state index in [-0.39, 0.29) is 0 Å². The predicted octanol–water partition coefficient (Wildman–Crippen LogP) is 5.29. The van der Waals surface area contributed by atoms with Gasteiger partial charge in [-0.15, -0.1) is 0 Å². The van der Waals surface area contributed by atoms with Gasteiger partial charge in [0.1, 0.15) is 0 Å². The first-order chi connectivity index (χ1) is 11.5. The lowest BCUT2D eigenvalue weighted by molar-refractivity contribution is 0.0695. The maximum absolute atomic E-state index is 11.6. The molecule has 3 nitrogen and oxygen atoms in total. The number of carbonyl (C=O) groups is 1.